The summed E-state index contributed by atoms with van der Waals surface area (Å²) in [4.78, 5) is 32.2. The summed E-state index contributed by atoms with van der Waals surface area (Å²) in [5, 5.41) is 24.0. The summed E-state index contributed by atoms with van der Waals surface area (Å²) in [6, 6.07) is 6.16. The molecule has 0 unspecified atom stereocenters. The van der Waals surface area contributed by atoms with Crippen molar-refractivity contribution in [1.82, 2.24) is 0 Å². The number of hydrogen-bond donors (Lipinski definition) is 1. The predicted octanol–water partition coefficient (Wildman–Crippen LogP) is 3.10. The van der Waals surface area contributed by atoms with Gasteiger partial charge in [-0.25, -0.2) is 0 Å². The highest BCUT2D eigenvalue weighted by molar-refractivity contribution is 7.61. The Bertz CT molecular complexity index is 1030. The summed E-state index contributed by atoms with van der Waals surface area (Å²) < 4.78 is 24.3. The van der Waals surface area contributed by atoms with Gasteiger partial charge < -0.3 is 5.32 Å². The van der Waals surface area contributed by atoms with E-state index in [0.29, 0.717) is 0 Å². The van der Waals surface area contributed by atoms with Crippen molar-refractivity contribution >= 4 is 50.8 Å². The highest BCUT2D eigenvalue weighted by Gasteiger charge is 2.20. The first kappa shape index (κ1) is 19.0. The maximum absolute atomic E-state index is 12.2. The number of nitro benzene ring substituents is 2. The van der Waals surface area contributed by atoms with Crippen LogP contribution in [0.3, 0.4) is 0 Å². The molecule has 0 radical (unpaired) electrons. The van der Waals surface area contributed by atoms with Crippen molar-refractivity contribution in [3.8, 4) is 0 Å². The van der Waals surface area contributed by atoms with Crippen LogP contribution in [0.25, 0.3) is 0 Å². The molecule has 0 aliphatic heterocycles. The van der Waals surface area contributed by atoms with Gasteiger partial charge in [-0.2, -0.15) is 8.42 Å². The first-order valence-corrected chi connectivity index (χ1v) is 7.94. The van der Waals surface area contributed by atoms with Crippen LogP contribution in [-0.4, -0.2) is 24.2 Å². The topological polar surface area (TPSA) is 162 Å². The number of nitro groups is 2. The first-order valence-electron chi connectivity index (χ1n) is 6.53. The van der Waals surface area contributed by atoms with Crippen molar-refractivity contribution in [1.29, 1.82) is 0 Å². The Labute approximate surface area is 151 Å². The molecule has 0 heterocycles. The van der Waals surface area contributed by atoms with E-state index in [-0.39, 0.29) is 22.0 Å². The third-order valence-electron chi connectivity index (χ3n) is 2.97. The molecule has 134 valence electrons. The van der Waals surface area contributed by atoms with Crippen molar-refractivity contribution in [2.24, 2.45) is 4.36 Å². The van der Waals surface area contributed by atoms with Gasteiger partial charge in [0.15, 0.2) is 0 Å². The van der Waals surface area contributed by atoms with Crippen LogP contribution in [0.4, 0.5) is 22.7 Å². The third-order valence-corrected chi connectivity index (χ3v) is 3.64. The minimum absolute atomic E-state index is 0.0207. The van der Waals surface area contributed by atoms with E-state index in [1.54, 1.807) is 0 Å². The zero-order chi connectivity index (χ0) is 19.4. The quantitative estimate of drug-likeness (QED) is 0.597. The van der Waals surface area contributed by atoms with Crippen LogP contribution in [0.1, 0.15) is 10.4 Å². The second-order valence-corrected chi connectivity index (χ2v) is 5.70. The summed E-state index contributed by atoms with van der Waals surface area (Å²) in [5.41, 5.74) is -1.49. The van der Waals surface area contributed by atoms with Crippen molar-refractivity contribution < 1.29 is 23.1 Å². The molecule has 1 N–H and O–H groups in total. The zero-order valence-electron chi connectivity index (χ0n) is 12.4. The highest BCUT2D eigenvalue weighted by atomic mass is 35.5. The normalized spacial score (nSPS) is 10.0. The Morgan fingerprint density at radius 1 is 1.04 bits per heavy atom. The number of carbonyl (C=O) groups excluding carboxylic acids is 1. The Morgan fingerprint density at radius 3 is 2.08 bits per heavy atom. The number of halogens is 1. The number of anilines is 1. The molecule has 0 saturated carbocycles. The first-order chi connectivity index (χ1) is 12.2. The molecule has 0 spiro atoms. The number of nitrogens with zero attached hydrogens (tertiary/aromatic N) is 3. The van der Waals surface area contributed by atoms with Gasteiger partial charge in [-0.3, -0.25) is 25.0 Å². The molecule has 0 bridgehead atoms. The molecule has 13 heteroatoms. The Morgan fingerprint density at radius 2 is 1.62 bits per heavy atom. The van der Waals surface area contributed by atoms with Crippen molar-refractivity contribution in [2.75, 3.05) is 5.32 Å². The van der Waals surface area contributed by atoms with E-state index in [0.717, 1.165) is 18.2 Å². The van der Waals surface area contributed by atoms with Gasteiger partial charge in [0.25, 0.3) is 17.3 Å². The largest absolute Gasteiger partial charge is 0.321 e. The SMILES string of the molecule is O=C(Nc1ccc(N=S(=O)=O)cc1Cl)c1cc([N+](=O)[O-])cc([N+](=O)[O-])c1. The maximum atomic E-state index is 12.2. The number of rotatable bonds is 5. The molecule has 0 fully saturated rings. The lowest BCUT2D eigenvalue weighted by atomic mass is 10.1. The van der Waals surface area contributed by atoms with E-state index in [1.165, 1.54) is 18.2 Å². The molecular formula is C13H7ClN4O7S. The molecule has 0 saturated heterocycles. The van der Waals surface area contributed by atoms with Crippen LogP contribution in [-0.2, 0) is 10.5 Å². The van der Waals surface area contributed by atoms with Gasteiger partial charge in [0.2, 0.25) is 0 Å². The van der Waals surface area contributed by atoms with E-state index in [1.807, 2.05) is 0 Å². The van der Waals surface area contributed by atoms with Crippen LogP contribution in [0.2, 0.25) is 5.02 Å². The highest BCUT2D eigenvalue weighted by Crippen LogP contribution is 2.28. The van der Waals surface area contributed by atoms with E-state index in [2.05, 4.69) is 9.68 Å². The summed E-state index contributed by atoms with van der Waals surface area (Å²) in [6.07, 6.45) is 0. The lowest BCUT2D eigenvalue weighted by Crippen LogP contribution is -2.13. The molecule has 2 aromatic carbocycles. The monoisotopic (exact) mass is 398 g/mol. The summed E-state index contributed by atoms with van der Waals surface area (Å²) in [7, 11) is -2.68. The molecule has 0 aliphatic rings. The fraction of sp³-hybridized carbons (Fsp3) is 0. The van der Waals surface area contributed by atoms with Gasteiger partial charge in [-0.1, -0.05) is 11.6 Å². The minimum atomic E-state index is -2.68. The number of hydrogen-bond acceptors (Lipinski definition) is 8. The number of non-ortho nitro benzene ring substituents is 2. The van der Waals surface area contributed by atoms with E-state index in [4.69, 9.17) is 11.6 Å². The number of amides is 1. The van der Waals surface area contributed by atoms with E-state index >= 15 is 0 Å². The van der Waals surface area contributed by atoms with Crippen LogP contribution in [0.5, 0.6) is 0 Å². The second-order valence-electron chi connectivity index (χ2n) is 4.68. The molecule has 2 rings (SSSR count). The Kier molecular flexibility index (Phi) is 5.59. The average molecular weight is 399 g/mol. The van der Waals surface area contributed by atoms with Crippen LogP contribution in [0.15, 0.2) is 40.8 Å². The Hall–Kier alpha value is -3.38. The van der Waals surface area contributed by atoms with Crippen molar-refractivity contribution in [3.05, 3.63) is 67.2 Å². The van der Waals surface area contributed by atoms with Crippen molar-refractivity contribution in [3.63, 3.8) is 0 Å². The summed E-state index contributed by atoms with van der Waals surface area (Å²) in [6.45, 7) is 0. The molecule has 0 aromatic heterocycles. The lowest BCUT2D eigenvalue weighted by Gasteiger charge is -2.07. The van der Waals surface area contributed by atoms with Gasteiger partial charge in [0, 0.05) is 12.1 Å². The smallest absolute Gasteiger partial charge is 0.316 e. The van der Waals surface area contributed by atoms with Crippen LogP contribution in [0, 0.1) is 20.2 Å². The second kappa shape index (κ2) is 7.67. The zero-order valence-corrected chi connectivity index (χ0v) is 14.0. The molecule has 11 nitrogen and oxygen atoms in total. The number of nitrogens with one attached hydrogen (secondary N) is 1. The molecule has 0 atom stereocenters. The average Bonchev–Trinajstić information content (AvgIpc) is 2.56. The predicted molar refractivity (Wildman–Crippen MR) is 90.2 cm³/mol. The Balaban J connectivity index is 2.37. The summed E-state index contributed by atoms with van der Waals surface area (Å²) in [5.74, 6) is -0.879. The third kappa shape index (κ3) is 4.58. The van der Waals surface area contributed by atoms with Gasteiger partial charge in [0.1, 0.15) is 0 Å². The minimum Gasteiger partial charge on any atom is -0.321 e. The lowest BCUT2D eigenvalue weighted by molar-refractivity contribution is -0.394. The van der Waals surface area contributed by atoms with Gasteiger partial charge in [0.05, 0.1) is 37.9 Å². The molecular weight excluding hydrogens is 392 g/mol. The number of benzene rings is 2. The van der Waals surface area contributed by atoms with Gasteiger partial charge in [-0.15, -0.1) is 4.36 Å². The molecule has 0 aliphatic carbocycles. The van der Waals surface area contributed by atoms with Gasteiger partial charge >= 0.3 is 10.5 Å². The molecule has 26 heavy (non-hydrogen) atoms. The van der Waals surface area contributed by atoms with E-state index < -0.39 is 37.6 Å². The maximum Gasteiger partial charge on any atom is 0.316 e. The van der Waals surface area contributed by atoms with Gasteiger partial charge in [-0.05, 0) is 18.2 Å². The standard InChI is InChI=1S/C13H7ClN4O7S/c14-11-5-8(16-26(24)25)1-2-12(11)15-13(19)7-3-9(17(20)21)6-10(4-7)18(22)23/h1-6H,(H,15,19). The molecule has 1 amide bonds. The summed E-state index contributed by atoms with van der Waals surface area (Å²) >= 11 is 5.92. The fourth-order valence-electron chi connectivity index (χ4n) is 1.88. The van der Waals surface area contributed by atoms with E-state index in [9.17, 15) is 33.4 Å². The van der Waals surface area contributed by atoms with Crippen LogP contribution < -0.4 is 5.32 Å². The number of carbonyl (C=O) groups is 1. The van der Waals surface area contributed by atoms with Crippen LogP contribution >= 0.6 is 11.6 Å². The molecule has 2 aromatic rings. The van der Waals surface area contributed by atoms with Crippen molar-refractivity contribution in [2.45, 2.75) is 0 Å². The fourth-order valence-corrected chi connectivity index (χ4v) is 2.39.